The maximum atomic E-state index is 11.6. The van der Waals surface area contributed by atoms with Gasteiger partial charge in [-0.25, -0.2) is 4.98 Å². The van der Waals surface area contributed by atoms with Crippen LogP contribution in [0.25, 0.3) is 11.2 Å². The molecule has 0 aliphatic carbocycles. The highest BCUT2D eigenvalue weighted by Crippen LogP contribution is 2.30. The van der Waals surface area contributed by atoms with Crippen LogP contribution in [0.4, 0.5) is 5.95 Å². The van der Waals surface area contributed by atoms with E-state index in [9.17, 15) is 9.90 Å². The van der Waals surface area contributed by atoms with Gasteiger partial charge < -0.3 is 20.7 Å². The number of aliphatic hydroxyl groups is 2. The van der Waals surface area contributed by atoms with E-state index >= 15 is 0 Å². The zero-order valence-electron chi connectivity index (χ0n) is 9.85. The Labute approximate surface area is 106 Å². The van der Waals surface area contributed by atoms with Gasteiger partial charge in [-0.15, -0.1) is 0 Å². The summed E-state index contributed by atoms with van der Waals surface area (Å²) in [4.78, 5) is 22.0. The molecule has 0 spiro atoms. The molecule has 0 radical (unpaired) electrons. The summed E-state index contributed by atoms with van der Waals surface area (Å²) in [6.07, 6.45) is -0.270. The summed E-state index contributed by atoms with van der Waals surface area (Å²) in [7, 11) is 0. The molecule has 9 nitrogen and oxygen atoms in total. The monoisotopic (exact) mass is 271 g/mol. The molecule has 3 atom stereocenters. The topological polar surface area (TPSA) is 139 Å². The van der Waals surface area contributed by atoms with Gasteiger partial charge in [-0.2, -0.15) is 4.98 Å². The van der Waals surface area contributed by atoms with Crippen LogP contribution in [0.15, 0.2) is 11.1 Å². The Morgan fingerprint density at radius 2 is 2.42 bits per heavy atom. The first-order chi connectivity index (χ1) is 9.10. The molecule has 1 saturated heterocycles. The van der Waals surface area contributed by atoms with E-state index in [2.05, 4.69) is 15.0 Å². The fourth-order valence-electron chi connectivity index (χ4n) is 2.20. The Balaban J connectivity index is 2.05. The average Bonchev–Trinajstić information content (AvgIpc) is 2.92. The number of nitrogens with two attached hydrogens (primary N) is 1. The fourth-order valence-corrected chi connectivity index (χ4v) is 2.20. The number of rotatable bonds is 2. The van der Waals surface area contributed by atoms with Crippen molar-refractivity contribution in [1.82, 2.24) is 19.5 Å². The minimum atomic E-state index is -0.771. The molecule has 0 amide bonds. The number of nitrogens with zero attached hydrogens (tertiary/aromatic N) is 3. The predicted octanol–water partition coefficient (Wildman–Crippen LogP) is -1.66. The molecule has 0 saturated carbocycles. The van der Waals surface area contributed by atoms with E-state index in [1.165, 1.54) is 10.9 Å². The van der Waals surface area contributed by atoms with E-state index in [1.807, 2.05) is 0 Å². The molecular weight excluding hydrogens is 258 g/mol. The normalized spacial score (nSPS) is 27.2. The zero-order chi connectivity index (χ0) is 13.6. The van der Waals surface area contributed by atoms with E-state index in [0.717, 1.165) is 0 Å². The van der Waals surface area contributed by atoms with Crippen molar-refractivity contribution in [2.75, 3.05) is 12.3 Å². The number of H-pyrrole nitrogens is 1. The van der Waals surface area contributed by atoms with Crippen molar-refractivity contribution in [3.05, 3.63) is 16.7 Å². The number of aromatic amines is 1. The first-order valence-electron chi connectivity index (χ1n) is 5.77. The summed E-state index contributed by atoms with van der Waals surface area (Å²) >= 11 is 0. The highest BCUT2D eigenvalue weighted by atomic mass is 16.5. The van der Waals surface area contributed by atoms with Crippen LogP contribution in [0.2, 0.25) is 0 Å². The number of fused-ring (bicyclic) bond motifs is 1. The third-order valence-corrected chi connectivity index (χ3v) is 3.15. The molecule has 0 aromatic carbocycles. The van der Waals surface area contributed by atoms with E-state index < -0.39 is 24.0 Å². The highest BCUT2D eigenvalue weighted by molar-refractivity contribution is 5.70. The summed E-state index contributed by atoms with van der Waals surface area (Å²) < 4.78 is 7.01. The summed E-state index contributed by atoms with van der Waals surface area (Å²) in [6.45, 7) is -0.277. The second-order valence-electron chi connectivity index (χ2n) is 4.39. The van der Waals surface area contributed by atoms with E-state index in [0.29, 0.717) is 0 Å². The van der Waals surface area contributed by atoms with Gasteiger partial charge in [-0.1, -0.05) is 0 Å². The molecule has 1 fully saturated rings. The van der Waals surface area contributed by atoms with Crippen LogP contribution in [0.3, 0.4) is 0 Å². The Morgan fingerprint density at radius 3 is 3.11 bits per heavy atom. The second kappa shape index (κ2) is 4.30. The number of nitrogens with one attached hydrogen (secondary N) is 1. The predicted molar refractivity (Wildman–Crippen MR) is 64.2 cm³/mol. The number of aromatic nitrogens is 4. The van der Waals surface area contributed by atoms with Gasteiger partial charge in [0.2, 0.25) is 5.95 Å². The minimum absolute atomic E-state index is 0.0171. The highest BCUT2D eigenvalue weighted by Gasteiger charge is 2.35. The second-order valence-corrected chi connectivity index (χ2v) is 4.39. The van der Waals surface area contributed by atoms with Crippen molar-refractivity contribution in [1.29, 1.82) is 0 Å². The van der Waals surface area contributed by atoms with Gasteiger partial charge in [0.15, 0.2) is 11.2 Å². The molecule has 9 heteroatoms. The average molecular weight is 271 g/mol. The van der Waals surface area contributed by atoms with Gasteiger partial charge in [0.1, 0.15) is 12.3 Å². The fraction of sp³-hybridized carbons (Fsp3) is 0.500. The smallest absolute Gasteiger partial charge is 0.280 e. The third kappa shape index (κ3) is 1.87. The van der Waals surface area contributed by atoms with Crippen LogP contribution in [-0.2, 0) is 4.74 Å². The third-order valence-electron chi connectivity index (χ3n) is 3.15. The summed E-state index contributed by atoms with van der Waals surface area (Å²) in [6, 6.07) is 0. The van der Waals surface area contributed by atoms with Crippen LogP contribution in [0.5, 0.6) is 0 Å². The molecule has 1 aliphatic heterocycles. The molecule has 3 rings (SSSR count). The molecule has 2 aromatic heterocycles. The van der Waals surface area contributed by atoms with Gasteiger partial charge in [-0.3, -0.25) is 14.3 Å². The maximum absolute atomic E-state index is 11.6. The number of hydrogen-bond acceptors (Lipinski definition) is 7. The number of imidazole rings is 1. The zero-order valence-corrected chi connectivity index (χ0v) is 9.85. The number of nitrogen functional groups attached to an aromatic ring is 1. The van der Waals surface area contributed by atoms with Crippen LogP contribution in [-0.4, -0.2) is 48.5 Å². The van der Waals surface area contributed by atoms with E-state index in [1.54, 1.807) is 0 Å². The molecule has 19 heavy (non-hydrogen) atoms. The Bertz CT molecular complexity index is 665. The summed E-state index contributed by atoms with van der Waals surface area (Å²) in [5.41, 5.74) is 5.50. The molecule has 1 aliphatic rings. The number of hydrogen-bond donors (Lipinski definition) is 4. The first-order valence-corrected chi connectivity index (χ1v) is 5.77. The van der Waals surface area contributed by atoms with Crippen molar-refractivity contribution in [2.45, 2.75) is 24.9 Å². The van der Waals surface area contributed by atoms with Gasteiger partial charge in [0.05, 0.1) is 19.0 Å². The molecule has 0 bridgehead atoms. The Hall–Kier alpha value is -1.97. The van der Waals surface area contributed by atoms with E-state index in [4.69, 9.17) is 15.6 Å². The minimum Gasteiger partial charge on any atom is -0.394 e. The van der Waals surface area contributed by atoms with Gasteiger partial charge >= 0.3 is 0 Å². The lowest BCUT2D eigenvalue weighted by Gasteiger charge is -2.13. The lowest BCUT2D eigenvalue weighted by atomic mass is 10.2. The van der Waals surface area contributed by atoms with Gasteiger partial charge in [0.25, 0.3) is 5.56 Å². The molecule has 3 heterocycles. The van der Waals surface area contributed by atoms with Crippen molar-refractivity contribution >= 4 is 17.1 Å². The molecular formula is C10H13N5O4. The quantitative estimate of drug-likeness (QED) is 0.479. The van der Waals surface area contributed by atoms with Gasteiger partial charge in [0, 0.05) is 6.42 Å². The van der Waals surface area contributed by atoms with Crippen LogP contribution in [0.1, 0.15) is 12.6 Å². The molecule has 102 valence electrons. The molecule has 5 N–H and O–H groups in total. The lowest BCUT2D eigenvalue weighted by molar-refractivity contribution is -0.0432. The summed E-state index contributed by atoms with van der Waals surface area (Å²) in [5.74, 6) is -0.0171. The maximum Gasteiger partial charge on any atom is 0.280 e. The van der Waals surface area contributed by atoms with Crippen LogP contribution >= 0.6 is 0 Å². The molecule has 2 aromatic rings. The van der Waals surface area contributed by atoms with Crippen LogP contribution in [0, 0.1) is 0 Å². The summed E-state index contributed by atoms with van der Waals surface area (Å²) in [5, 5.41) is 18.8. The van der Waals surface area contributed by atoms with Crippen LogP contribution < -0.4 is 11.3 Å². The largest absolute Gasteiger partial charge is 0.394 e. The number of ether oxygens (including phenoxy) is 1. The van der Waals surface area contributed by atoms with Crippen molar-refractivity contribution in [2.24, 2.45) is 0 Å². The Kier molecular flexibility index (Phi) is 2.73. The van der Waals surface area contributed by atoms with Crippen molar-refractivity contribution in [3.8, 4) is 0 Å². The SMILES string of the molecule is [15NH2][13c]1[15n]c2c(ncn2[C@H]2C[C@H](O)[C@@H](CO)O2)c(=O)[15nH]1. The first kappa shape index (κ1) is 12.1. The van der Waals surface area contributed by atoms with Crippen molar-refractivity contribution in [3.63, 3.8) is 0 Å². The number of anilines is 1. The van der Waals surface area contributed by atoms with E-state index in [-0.39, 0.29) is 30.1 Å². The Morgan fingerprint density at radius 1 is 1.63 bits per heavy atom. The van der Waals surface area contributed by atoms with Gasteiger partial charge in [-0.05, 0) is 0 Å². The number of aliphatic hydroxyl groups excluding tert-OH is 2. The molecule has 0 unspecified atom stereocenters. The standard InChI is InChI=1S/C10H13N5O4/c11-10-13-8-7(9(18)14-10)12-3-15(8)6-1-4(17)5(2-16)19-6/h3-6,16-17H,1-2H2,(H3,11,13,14,18)/t4-,5+,6+/m0/s1/i10+1,11+1,13+1,14+1. The lowest BCUT2D eigenvalue weighted by Crippen LogP contribution is -2.24. The van der Waals surface area contributed by atoms with Crippen molar-refractivity contribution < 1.29 is 14.9 Å².